The normalized spacial score (nSPS) is 14.1. The molecule has 5 heteroatoms. The Morgan fingerprint density at radius 2 is 1.74 bits per heavy atom. The van der Waals surface area contributed by atoms with Gasteiger partial charge in [0, 0.05) is 20.2 Å². The summed E-state index contributed by atoms with van der Waals surface area (Å²) in [5, 5.41) is 22.1. The highest BCUT2D eigenvalue weighted by Crippen LogP contribution is 2.16. The SMILES string of the molecule is COCC(O)CNCC(O)COc1ccccc1C. The van der Waals surface area contributed by atoms with Crippen LogP contribution < -0.4 is 10.1 Å². The van der Waals surface area contributed by atoms with Crippen LogP contribution in [0.2, 0.25) is 0 Å². The Labute approximate surface area is 114 Å². The lowest BCUT2D eigenvalue weighted by Gasteiger charge is -2.16. The first-order valence-electron chi connectivity index (χ1n) is 6.37. The lowest BCUT2D eigenvalue weighted by Crippen LogP contribution is -2.37. The van der Waals surface area contributed by atoms with E-state index < -0.39 is 12.2 Å². The maximum absolute atomic E-state index is 9.74. The van der Waals surface area contributed by atoms with Crippen LogP contribution in [0.1, 0.15) is 5.56 Å². The largest absolute Gasteiger partial charge is 0.491 e. The second kappa shape index (κ2) is 8.87. The maximum atomic E-state index is 9.74. The number of para-hydroxylation sites is 1. The quantitative estimate of drug-likeness (QED) is 0.603. The average molecular weight is 269 g/mol. The van der Waals surface area contributed by atoms with Crippen molar-refractivity contribution in [2.45, 2.75) is 19.1 Å². The summed E-state index contributed by atoms with van der Waals surface area (Å²) in [7, 11) is 1.54. The predicted octanol–water partition coefficient (Wildman–Crippen LogP) is 0.332. The van der Waals surface area contributed by atoms with Gasteiger partial charge in [-0.3, -0.25) is 0 Å². The summed E-state index contributed by atoms with van der Waals surface area (Å²) in [6.07, 6.45) is -1.18. The van der Waals surface area contributed by atoms with E-state index in [4.69, 9.17) is 9.47 Å². The van der Waals surface area contributed by atoms with Crippen LogP contribution in [0.4, 0.5) is 0 Å². The zero-order chi connectivity index (χ0) is 14.1. The molecule has 5 nitrogen and oxygen atoms in total. The van der Waals surface area contributed by atoms with Crippen LogP contribution in [0, 0.1) is 6.92 Å². The molecule has 0 radical (unpaired) electrons. The lowest BCUT2D eigenvalue weighted by molar-refractivity contribution is 0.0582. The van der Waals surface area contributed by atoms with Gasteiger partial charge in [-0.15, -0.1) is 0 Å². The third kappa shape index (κ3) is 6.54. The summed E-state index contributed by atoms with van der Waals surface area (Å²) in [4.78, 5) is 0. The van der Waals surface area contributed by atoms with Crippen LogP contribution in [0.25, 0.3) is 0 Å². The molecule has 19 heavy (non-hydrogen) atoms. The van der Waals surface area contributed by atoms with E-state index in [1.54, 1.807) is 0 Å². The summed E-state index contributed by atoms with van der Waals surface area (Å²) in [6, 6.07) is 7.67. The Hall–Kier alpha value is -1.14. The third-order valence-electron chi connectivity index (χ3n) is 2.64. The number of aliphatic hydroxyl groups excluding tert-OH is 2. The molecule has 0 aliphatic carbocycles. The molecule has 0 aromatic heterocycles. The van der Waals surface area contributed by atoms with E-state index in [9.17, 15) is 10.2 Å². The Kier molecular flexibility index (Phi) is 7.43. The van der Waals surface area contributed by atoms with Crippen molar-refractivity contribution in [2.24, 2.45) is 0 Å². The first-order valence-corrected chi connectivity index (χ1v) is 6.37. The number of nitrogens with one attached hydrogen (secondary N) is 1. The minimum atomic E-state index is -0.616. The van der Waals surface area contributed by atoms with Gasteiger partial charge in [0.25, 0.3) is 0 Å². The average Bonchev–Trinajstić information content (AvgIpc) is 2.38. The van der Waals surface area contributed by atoms with Gasteiger partial charge in [0.15, 0.2) is 0 Å². The number of aliphatic hydroxyl groups is 2. The van der Waals surface area contributed by atoms with Gasteiger partial charge in [0.05, 0.1) is 12.7 Å². The summed E-state index contributed by atoms with van der Waals surface area (Å²) >= 11 is 0. The van der Waals surface area contributed by atoms with Gasteiger partial charge < -0.3 is 25.0 Å². The number of rotatable bonds is 9. The molecule has 2 unspecified atom stereocenters. The van der Waals surface area contributed by atoms with Crippen molar-refractivity contribution >= 4 is 0 Å². The summed E-state index contributed by atoms with van der Waals surface area (Å²) in [5.74, 6) is 0.779. The first kappa shape index (κ1) is 15.9. The highest BCUT2D eigenvalue weighted by atomic mass is 16.5. The monoisotopic (exact) mass is 269 g/mol. The van der Waals surface area contributed by atoms with E-state index in [0.717, 1.165) is 11.3 Å². The van der Waals surface area contributed by atoms with Gasteiger partial charge in [-0.2, -0.15) is 0 Å². The number of benzene rings is 1. The van der Waals surface area contributed by atoms with Crippen LogP contribution in [0.15, 0.2) is 24.3 Å². The fourth-order valence-electron chi connectivity index (χ4n) is 1.63. The van der Waals surface area contributed by atoms with Gasteiger partial charge in [-0.1, -0.05) is 18.2 Å². The molecule has 0 saturated heterocycles. The molecule has 0 spiro atoms. The predicted molar refractivity (Wildman–Crippen MR) is 73.4 cm³/mol. The Bertz CT molecular complexity index is 359. The Morgan fingerprint density at radius 1 is 1.11 bits per heavy atom. The fourth-order valence-corrected chi connectivity index (χ4v) is 1.63. The van der Waals surface area contributed by atoms with Crippen molar-refractivity contribution in [3.05, 3.63) is 29.8 Å². The summed E-state index contributed by atoms with van der Waals surface area (Å²) in [5.41, 5.74) is 1.04. The highest BCUT2D eigenvalue weighted by molar-refractivity contribution is 5.31. The van der Waals surface area contributed by atoms with Gasteiger partial charge in [0.2, 0.25) is 0 Å². The topological polar surface area (TPSA) is 71.0 Å². The molecule has 0 aliphatic rings. The van der Waals surface area contributed by atoms with Crippen LogP contribution in [-0.2, 0) is 4.74 Å². The molecule has 1 aromatic carbocycles. The van der Waals surface area contributed by atoms with Crippen molar-refractivity contribution in [1.29, 1.82) is 0 Å². The Morgan fingerprint density at radius 3 is 2.37 bits per heavy atom. The number of aryl methyl sites for hydroxylation is 1. The number of methoxy groups -OCH3 is 1. The molecule has 0 heterocycles. The van der Waals surface area contributed by atoms with Crippen molar-refractivity contribution in [3.63, 3.8) is 0 Å². The van der Waals surface area contributed by atoms with E-state index in [-0.39, 0.29) is 13.2 Å². The summed E-state index contributed by atoms with van der Waals surface area (Å²) in [6.45, 7) is 3.21. The van der Waals surface area contributed by atoms with E-state index in [0.29, 0.717) is 13.1 Å². The summed E-state index contributed by atoms with van der Waals surface area (Å²) < 4.78 is 10.3. The molecule has 1 aromatic rings. The van der Waals surface area contributed by atoms with Gasteiger partial charge in [-0.05, 0) is 18.6 Å². The van der Waals surface area contributed by atoms with Crippen LogP contribution in [-0.4, -0.2) is 55.8 Å². The van der Waals surface area contributed by atoms with Crippen molar-refractivity contribution in [1.82, 2.24) is 5.32 Å². The second-order valence-electron chi connectivity index (χ2n) is 4.50. The van der Waals surface area contributed by atoms with Gasteiger partial charge in [-0.25, -0.2) is 0 Å². The van der Waals surface area contributed by atoms with Crippen molar-refractivity contribution < 1.29 is 19.7 Å². The maximum Gasteiger partial charge on any atom is 0.122 e. The van der Waals surface area contributed by atoms with Crippen molar-refractivity contribution in [2.75, 3.05) is 33.4 Å². The van der Waals surface area contributed by atoms with Crippen LogP contribution in [0.5, 0.6) is 5.75 Å². The van der Waals surface area contributed by atoms with Gasteiger partial charge >= 0.3 is 0 Å². The minimum absolute atomic E-state index is 0.220. The zero-order valence-corrected chi connectivity index (χ0v) is 11.5. The molecule has 0 saturated carbocycles. The molecular weight excluding hydrogens is 246 g/mol. The lowest BCUT2D eigenvalue weighted by atomic mass is 10.2. The smallest absolute Gasteiger partial charge is 0.122 e. The molecular formula is C14H23NO4. The van der Waals surface area contributed by atoms with Crippen molar-refractivity contribution in [3.8, 4) is 5.75 Å². The molecule has 1 rings (SSSR count). The molecule has 2 atom stereocenters. The van der Waals surface area contributed by atoms with E-state index in [1.165, 1.54) is 7.11 Å². The number of hydrogen-bond donors (Lipinski definition) is 3. The van der Waals surface area contributed by atoms with E-state index in [1.807, 2.05) is 31.2 Å². The molecule has 0 fully saturated rings. The van der Waals surface area contributed by atoms with Crippen LogP contribution >= 0.6 is 0 Å². The second-order valence-corrected chi connectivity index (χ2v) is 4.50. The van der Waals surface area contributed by atoms with E-state index >= 15 is 0 Å². The zero-order valence-electron chi connectivity index (χ0n) is 11.5. The Balaban J connectivity index is 2.18. The third-order valence-corrected chi connectivity index (χ3v) is 2.64. The molecule has 108 valence electrons. The van der Waals surface area contributed by atoms with Gasteiger partial charge in [0.1, 0.15) is 18.5 Å². The molecule has 0 aliphatic heterocycles. The fraction of sp³-hybridized carbons (Fsp3) is 0.571. The number of ether oxygens (including phenoxy) is 2. The highest BCUT2D eigenvalue weighted by Gasteiger charge is 2.08. The first-order chi connectivity index (χ1) is 9.13. The molecule has 0 bridgehead atoms. The minimum Gasteiger partial charge on any atom is -0.491 e. The number of hydrogen-bond acceptors (Lipinski definition) is 5. The standard InChI is InChI=1S/C14H23NO4/c1-11-5-3-4-6-14(11)19-10-13(17)8-15-7-12(16)9-18-2/h3-6,12-13,15-17H,7-10H2,1-2H3. The van der Waals surface area contributed by atoms with Crippen LogP contribution in [0.3, 0.4) is 0 Å². The molecule has 3 N–H and O–H groups in total. The van der Waals surface area contributed by atoms with E-state index in [2.05, 4.69) is 5.32 Å². The molecule has 0 amide bonds.